The van der Waals surface area contributed by atoms with Gasteiger partial charge in [-0.2, -0.15) is 0 Å². The van der Waals surface area contributed by atoms with E-state index in [9.17, 15) is 20.0 Å². The number of hydrogen-bond donors (Lipinski definition) is 1. The average Bonchev–Trinajstić information content (AvgIpc) is 2.55. The predicted octanol–water partition coefficient (Wildman–Crippen LogP) is 3.11. The third-order valence-corrected chi connectivity index (χ3v) is 3.48. The summed E-state index contributed by atoms with van der Waals surface area (Å²) in [6.45, 7) is 2.41. The highest BCUT2D eigenvalue weighted by Crippen LogP contribution is 2.25. The van der Waals surface area contributed by atoms with Crippen LogP contribution in [-0.4, -0.2) is 29.7 Å². The fourth-order valence-electron chi connectivity index (χ4n) is 2.22. The van der Waals surface area contributed by atoms with Crippen LogP contribution in [0.4, 0.5) is 11.4 Å². The molecule has 0 atom stereocenters. The third kappa shape index (κ3) is 4.01. The second kappa shape index (κ2) is 7.45. The highest BCUT2D eigenvalue weighted by molar-refractivity contribution is 5.93. The van der Waals surface area contributed by atoms with Crippen LogP contribution in [0.5, 0.6) is 5.75 Å². The summed E-state index contributed by atoms with van der Waals surface area (Å²) in [5, 5.41) is 20.5. The monoisotopic (exact) mass is 330 g/mol. The van der Waals surface area contributed by atoms with Gasteiger partial charge in [-0.05, 0) is 30.7 Å². The average molecular weight is 330 g/mol. The molecule has 2 rings (SSSR count). The van der Waals surface area contributed by atoms with Gasteiger partial charge in [-0.3, -0.25) is 10.1 Å². The number of non-ortho nitro benzene ring substituents is 1. The number of carbonyl (C=O) groups is 1. The van der Waals surface area contributed by atoms with E-state index < -0.39 is 10.9 Å². The molecule has 0 aliphatic rings. The van der Waals surface area contributed by atoms with Crippen LogP contribution in [0.2, 0.25) is 0 Å². The van der Waals surface area contributed by atoms with E-state index >= 15 is 0 Å². The van der Waals surface area contributed by atoms with Crippen LogP contribution in [0.25, 0.3) is 0 Å². The maximum absolute atomic E-state index is 11.8. The van der Waals surface area contributed by atoms with Gasteiger partial charge in [-0.1, -0.05) is 12.1 Å². The molecule has 2 aromatic carbocycles. The predicted molar refractivity (Wildman–Crippen MR) is 89.3 cm³/mol. The lowest BCUT2D eigenvalue weighted by Gasteiger charge is -2.20. The zero-order chi connectivity index (χ0) is 17.7. The minimum atomic E-state index is -0.583. The second-order valence-electron chi connectivity index (χ2n) is 5.20. The topological polar surface area (TPSA) is 92.9 Å². The molecule has 0 bridgehead atoms. The number of nitro groups is 1. The highest BCUT2D eigenvalue weighted by atomic mass is 16.6. The van der Waals surface area contributed by atoms with Crippen LogP contribution >= 0.6 is 0 Å². The van der Waals surface area contributed by atoms with Crippen molar-refractivity contribution in [3.05, 3.63) is 63.7 Å². The van der Waals surface area contributed by atoms with Gasteiger partial charge in [-0.25, -0.2) is 4.79 Å². The lowest BCUT2D eigenvalue weighted by molar-refractivity contribution is -0.384. The Morgan fingerprint density at radius 3 is 2.50 bits per heavy atom. The first-order chi connectivity index (χ1) is 11.4. The quantitative estimate of drug-likeness (QED) is 0.497. The van der Waals surface area contributed by atoms with Crippen LogP contribution in [0, 0.1) is 10.1 Å². The lowest BCUT2D eigenvalue weighted by Crippen LogP contribution is -2.17. The summed E-state index contributed by atoms with van der Waals surface area (Å²) in [6.07, 6.45) is 0. The van der Waals surface area contributed by atoms with E-state index in [1.165, 1.54) is 18.2 Å². The van der Waals surface area contributed by atoms with Crippen molar-refractivity contribution in [3.8, 4) is 5.75 Å². The Morgan fingerprint density at radius 2 is 1.92 bits per heavy atom. The third-order valence-electron chi connectivity index (χ3n) is 3.48. The second-order valence-corrected chi connectivity index (χ2v) is 5.20. The fraction of sp³-hybridized carbons (Fsp3) is 0.235. The molecule has 0 radical (unpaired) electrons. The molecule has 126 valence electrons. The first kappa shape index (κ1) is 17.3. The Labute approximate surface area is 139 Å². The molecule has 0 aliphatic carbocycles. The van der Waals surface area contributed by atoms with Crippen molar-refractivity contribution in [2.24, 2.45) is 0 Å². The zero-order valence-electron chi connectivity index (χ0n) is 13.4. The molecule has 0 amide bonds. The number of anilines is 1. The molecule has 0 heterocycles. The van der Waals surface area contributed by atoms with Crippen molar-refractivity contribution in [2.75, 3.05) is 18.6 Å². The van der Waals surface area contributed by atoms with Crippen molar-refractivity contribution in [1.29, 1.82) is 0 Å². The van der Waals surface area contributed by atoms with Gasteiger partial charge in [0.2, 0.25) is 0 Å². The number of esters is 1. The number of benzene rings is 2. The largest absolute Gasteiger partial charge is 0.507 e. The van der Waals surface area contributed by atoms with E-state index in [1.807, 2.05) is 11.9 Å². The summed E-state index contributed by atoms with van der Waals surface area (Å²) in [5.41, 5.74) is 1.74. The Kier molecular flexibility index (Phi) is 5.36. The number of nitrogens with zero attached hydrogens (tertiary/aromatic N) is 2. The molecule has 1 N–H and O–H groups in total. The Morgan fingerprint density at radius 1 is 1.25 bits per heavy atom. The van der Waals surface area contributed by atoms with Gasteiger partial charge in [0, 0.05) is 31.4 Å². The van der Waals surface area contributed by atoms with Crippen molar-refractivity contribution >= 4 is 17.3 Å². The number of hydrogen-bond acceptors (Lipinski definition) is 6. The normalized spacial score (nSPS) is 10.2. The molecule has 0 saturated carbocycles. The molecular formula is C17H18N2O5. The number of rotatable bonds is 6. The van der Waals surface area contributed by atoms with Gasteiger partial charge in [0.1, 0.15) is 11.3 Å². The van der Waals surface area contributed by atoms with Crippen molar-refractivity contribution in [1.82, 2.24) is 0 Å². The molecular weight excluding hydrogens is 312 g/mol. The molecule has 0 unspecified atom stereocenters. The number of ether oxygens (including phenoxy) is 1. The summed E-state index contributed by atoms with van der Waals surface area (Å²) >= 11 is 0. The minimum absolute atomic E-state index is 0.0376. The first-order valence-electron chi connectivity index (χ1n) is 7.37. The van der Waals surface area contributed by atoms with E-state index in [0.717, 1.165) is 5.56 Å². The SMILES string of the molecule is CCOC(=O)c1cc(N(C)Cc2ccc([N+](=O)[O-])cc2)ccc1O. The van der Waals surface area contributed by atoms with Crippen molar-refractivity contribution in [3.63, 3.8) is 0 Å². The molecule has 2 aromatic rings. The van der Waals surface area contributed by atoms with Crippen LogP contribution in [-0.2, 0) is 11.3 Å². The Balaban J connectivity index is 2.17. The molecule has 0 aromatic heterocycles. The summed E-state index contributed by atoms with van der Waals surface area (Å²) < 4.78 is 4.92. The molecule has 0 fully saturated rings. The Hall–Kier alpha value is -3.09. The first-order valence-corrected chi connectivity index (χ1v) is 7.37. The van der Waals surface area contributed by atoms with Crippen LogP contribution < -0.4 is 4.90 Å². The van der Waals surface area contributed by atoms with E-state index in [2.05, 4.69) is 0 Å². The maximum Gasteiger partial charge on any atom is 0.341 e. The van der Waals surface area contributed by atoms with Crippen LogP contribution in [0.15, 0.2) is 42.5 Å². The smallest absolute Gasteiger partial charge is 0.341 e. The minimum Gasteiger partial charge on any atom is -0.507 e. The molecule has 7 heteroatoms. The zero-order valence-corrected chi connectivity index (χ0v) is 13.4. The summed E-state index contributed by atoms with van der Waals surface area (Å²) in [4.78, 5) is 23.9. The van der Waals surface area contributed by atoms with E-state index in [0.29, 0.717) is 12.2 Å². The van der Waals surface area contributed by atoms with Crippen molar-refractivity contribution < 1.29 is 19.6 Å². The van der Waals surface area contributed by atoms with Gasteiger partial charge in [-0.15, -0.1) is 0 Å². The summed E-state index contributed by atoms with van der Waals surface area (Å²) in [6, 6.07) is 10.9. The molecule has 0 aliphatic heterocycles. The molecule has 0 spiro atoms. The number of aromatic hydroxyl groups is 1. The van der Waals surface area contributed by atoms with Crippen LogP contribution in [0.3, 0.4) is 0 Å². The highest BCUT2D eigenvalue weighted by Gasteiger charge is 2.15. The van der Waals surface area contributed by atoms with Crippen LogP contribution in [0.1, 0.15) is 22.8 Å². The van der Waals surface area contributed by atoms with E-state index in [-0.39, 0.29) is 23.6 Å². The lowest BCUT2D eigenvalue weighted by atomic mass is 10.1. The van der Waals surface area contributed by atoms with Gasteiger partial charge >= 0.3 is 5.97 Å². The summed E-state index contributed by atoms with van der Waals surface area (Å²) in [7, 11) is 1.82. The molecule has 24 heavy (non-hydrogen) atoms. The fourth-order valence-corrected chi connectivity index (χ4v) is 2.22. The number of carbonyl (C=O) groups excluding carboxylic acids is 1. The standard InChI is InChI=1S/C17H18N2O5/c1-3-24-17(21)15-10-14(8-9-16(15)20)18(2)11-12-4-6-13(7-5-12)19(22)23/h4-10,20H,3,11H2,1-2H3. The molecule has 0 saturated heterocycles. The molecule has 7 nitrogen and oxygen atoms in total. The number of nitro benzene ring substituents is 1. The van der Waals surface area contributed by atoms with Gasteiger partial charge in [0.25, 0.3) is 5.69 Å². The maximum atomic E-state index is 11.8. The van der Waals surface area contributed by atoms with Gasteiger partial charge in [0.15, 0.2) is 0 Å². The van der Waals surface area contributed by atoms with E-state index in [1.54, 1.807) is 31.2 Å². The van der Waals surface area contributed by atoms with Crippen molar-refractivity contribution in [2.45, 2.75) is 13.5 Å². The number of phenols is 1. The Bertz CT molecular complexity index is 743. The number of phenolic OH excluding ortho intramolecular Hbond substituents is 1. The van der Waals surface area contributed by atoms with Gasteiger partial charge in [0.05, 0.1) is 11.5 Å². The summed E-state index contributed by atoms with van der Waals surface area (Å²) in [5.74, 6) is -0.721. The van der Waals surface area contributed by atoms with E-state index in [4.69, 9.17) is 4.74 Å². The van der Waals surface area contributed by atoms with Gasteiger partial charge < -0.3 is 14.7 Å².